The van der Waals surface area contributed by atoms with Crippen molar-refractivity contribution in [2.45, 2.75) is 19.9 Å². The van der Waals surface area contributed by atoms with E-state index in [2.05, 4.69) is 27.9 Å². The SMILES string of the molecule is CC(C)[C@@H](NC(=O)c1cnsn1)c1ccc(Cl)cc1. The topological polar surface area (TPSA) is 54.9 Å². The number of hydrogen-bond donors (Lipinski definition) is 1. The van der Waals surface area contributed by atoms with Gasteiger partial charge in [-0.15, -0.1) is 0 Å². The summed E-state index contributed by atoms with van der Waals surface area (Å²) in [5.74, 6) is 0.0547. The molecule has 0 radical (unpaired) electrons. The highest BCUT2D eigenvalue weighted by atomic mass is 35.5. The zero-order valence-corrected chi connectivity index (χ0v) is 12.2. The lowest BCUT2D eigenvalue weighted by molar-refractivity contribution is 0.0921. The van der Waals surface area contributed by atoms with Crippen molar-refractivity contribution in [3.63, 3.8) is 0 Å². The van der Waals surface area contributed by atoms with E-state index in [0.717, 1.165) is 17.3 Å². The molecule has 2 aromatic rings. The van der Waals surface area contributed by atoms with E-state index in [0.29, 0.717) is 10.7 Å². The standard InChI is InChI=1S/C13H14ClN3OS/c1-8(2)12(9-3-5-10(14)6-4-9)16-13(18)11-7-15-19-17-11/h3-8,12H,1-2H3,(H,16,18)/t12-/m1/s1. The molecule has 0 aliphatic rings. The summed E-state index contributed by atoms with van der Waals surface area (Å²) < 4.78 is 7.77. The highest BCUT2D eigenvalue weighted by Gasteiger charge is 2.20. The third-order valence-corrected chi connectivity index (χ3v) is 3.51. The van der Waals surface area contributed by atoms with Gasteiger partial charge in [-0.05, 0) is 23.6 Å². The lowest BCUT2D eigenvalue weighted by Gasteiger charge is -2.22. The first-order valence-electron chi connectivity index (χ1n) is 5.92. The Kier molecular flexibility index (Phi) is 4.50. The van der Waals surface area contributed by atoms with Crippen molar-refractivity contribution in [3.8, 4) is 0 Å². The van der Waals surface area contributed by atoms with Gasteiger partial charge >= 0.3 is 0 Å². The first kappa shape index (κ1) is 14.0. The van der Waals surface area contributed by atoms with Crippen molar-refractivity contribution >= 4 is 29.2 Å². The van der Waals surface area contributed by atoms with Crippen LogP contribution < -0.4 is 5.32 Å². The first-order chi connectivity index (χ1) is 9.08. The molecule has 100 valence electrons. The maximum absolute atomic E-state index is 12.0. The van der Waals surface area contributed by atoms with Gasteiger partial charge in [0.2, 0.25) is 0 Å². The molecule has 1 N–H and O–H groups in total. The number of aromatic nitrogens is 2. The maximum Gasteiger partial charge on any atom is 0.273 e. The molecule has 4 nitrogen and oxygen atoms in total. The molecule has 6 heteroatoms. The summed E-state index contributed by atoms with van der Waals surface area (Å²) in [6, 6.07) is 7.41. The minimum Gasteiger partial charge on any atom is -0.344 e. The van der Waals surface area contributed by atoms with E-state index >= 15 is 0 Å². The molecule has 0 unspecified atom stereocenters. The number of rotatable bonds is 4. The van der Waals surface area contributed by atoms with Gasteiger partial charge in [-0.3, -0.25) is 4.79 Å². The summed E-state index contributed by atoms with van der Waals surface area (Å²) in [4.78, 5) is 12.0. The Hall–Kier alpha value is -1.46. The molecule has 0 saturated carbocycles. The molecular formula is C13H14ClN3OS. The van der Waals surface area contributed by atoms with Crippen LogP contribution >= 0.6 is 23.3 Å². The van der Waals surface area contributed by atoms with Gasteiger partial charge in [0.15, 0.2) is 5.69 Å². The fraction of sp³-hybridized carbons (Fsp3) is 0.308. The van der Waals surface area contributed by atoms with Crippen LogP contribution in [0.15, 0.2) is 30.5 Å². The Balaban J connectivity index is 2.17. The summed E-state index contributed by atoms with van der Waals surface area (Å²) in [7, 11) is 0. The molecule has 1 amide bonds. The van der Waals surface area contributed by atoms with Gasteiger partial charge < -0.3 is 5.32 Å². The minimum absolute atomic E-state index is 0.0773. The smallest absolute Gasteiger partial charge is 0.273 e. The molecule has 0 fully saturated rings. The number of hydrogen-bond acceptors (Lipinski definition) is 4. The predicted octanol–water partition coefficient (Wildman–Crippen LogP) is 3.32. The second-order valence-electron chi connectivity index (χ2n) is 4.54. The van der Waals surface area contributed by atoms with E-state index in [-0.39, 0.29) is 17.9 Å². The van der Waals surface area contributed by atoms with Crippen LogP contribution in [0.2, 0.25) is 5.02 Å². The summed E-state index contributed by atoms with van der Waals surface area (Å²) in [5.41, 5.74) is 1.38. The molecule has 1 heterocycles. The van der Waals surface area contributed by atoms with Gasteiger partial charge in [0.25, 0.3) is 5.91 Å². The number of carbonyl (C=O) groups is 1. The molecule has 19 heavy (non-hydrogen) atoms. The molecule has 0 aliphatic carbocycles. The van der Waals surface area contributed by atoms with E-state index in [4.69, 9.17) is 11.6 Å². The highest BCUT2D eigenvalue weighted by molar-refractivity contribution is 6.99. The molecule has 0 aliphatic heterocycles. The molecular weight excluding hydrogens is 282 g/mol. The molecule has 1 aromatic heterocycles. The molecule has 0 bridgehead atoms. The van der Waals surface area contributed by atoms with Crippen LogP contribution in [-0.4, -0.2) is 14.7 Å². The zero-order chi connectivity index (χ0) is 13.8. The Morgan fingerprint density at radius 2 is 2.00 bits per heavy atom. The fourth-order valence-corrected chi connectivity index (χ4v) is 2.32. The van der Waals surface area contributed by atoms with Gasteiger partial charge in [-0.25, -0.2) is 0 Å². The summed E-state index contributed by atoms with van der Waals surface area (Å²) in [6.07, 6.45) is 1.47. The van der Waals surface area contributed by atoms with Crippen LogP contribution in [0, 0.1) is 5.92 Å². The highest BCUT2D eigenvalue weighted by Crippen LogP contribution is 2.23. The Morgan fingerprint density at radius 3 is 2.53 bits per heavy atom. The fourth-order valence-electron chi connectivity index (χ4n) is 1.78. The third-order valence-electron chi connectivity index (χ3n) is 2.78. The quantitative estimate of drug-likeness (QED) is 0.941. The number of nitrogens with zero attached hydrogens (tertiary/aromatic N) is 2. The zero-order valence-electron chi connectivity index (χ0n) is 10.6. The van der Waals surface area contributed by atoms with E-state index in [1.165, 1.54) is 6.20 Å². The Labute approximate surface area is 121 Å². The second-order valence-corrected chi connectivity index (χ2v) is 5.53. The monoisotopic (exact) mass is 295 g/mol. The van der Waals surface area contributed by atoms with Gasteiger partial charge in [-0.1, -0.05) is 37.6 Å². The number of halogens is 1. The van der Waals surface area contributed by atoms with Crippen LogP contribution in [0.1, 0.15) is 35.9 Å². The first-order valence-corrected chi connectivity index (χ1v) is 7.02. The molecule has 0 spiro atoms. The van der Waals surface area contributed by atoms with Crippen molar-refractivity contribution < 1.29 is 4.79 Å². The molecule has 1 aromatic carbocycles. The average molecular weight is 296 g/mol. The van der Waals surface area contributed by atoms with Crippen molar-refractivity contribution in [1.29, 1.82) is 0 Å². The second kappa shape index (κ2) is 6.12. The van der Waals surface area contributed by atoms with E-state index < -0.39 is 0 Å². The van der Waals surface area contributed by atoms with E-state index in [1.54, 1.807) is 0 Å². The minimum atomic E-state index is -0.206. The summed E-state index contributed by atoms with van der Waals surface area (Å²) >= 11 is 6.90. The number of nitrogens with one attached hydrogen (secondary N) is 1. The lowest BCUT2D eigenvalue weighted by Crippen LogP contribution is -2.31. The van der Waals surface area contributed by atoms with Gasteiger partial charge in [-0.2, -0.15) is 8.75 Å². The third kappa shape index (κ3) is 3.52. The van der Waals surface area contributed by atoms with Crippen molar-refractivity contribution in [3.05, 3.63) is 46.7 Å². The molecule has 2 rings (SSSR count). The van der Waals surface area contributed by atoms with Crippen LogP contribution in [-0.2, 0) is 0 Å². The Bertz CT molecular complexity index is 540. The Morgan fingerprint density at radius 1 is 1.32 bits per heavy atom. The number of benzene rings is 1. The lowest BCUT2D eigenvalue weighted by atomic mass is 9.96. The van der Waals surface area contributed by atoms with Crippen LogP contribution in [0.5, 0.6) is 0 Å². The maximum atomic E-state index is 12.0. The molecule has 1 atom stereocenters. The van der Waals surface area contributed by atoms with Crippen LogP contribution in [0.25, 0.3) is 0 Å². The van der Waals surface area contributed by atoms with Crippen molar-refractivity contribution in [1.82, 2.24) is 14.1 Å². The normalized spacial score (nSPS) is 12.4. The van der Waals surface area contributed by atoms with E-state index in [9.17, 15) is 4.79 Å². The van der Waals surface area contributed by atoms with Gasteiger partial charge in [0.1, 0.15) is 0 Å². The summed E-state index contributed by atoms with van der Waals surface area (Å²) in [5, 5.41) is 3.66. The van der Waals surface area contributed by atoms with Crippen molar-refractivity contribution in [2.24, 2.45) is 5.92 Å². The van der Waals surface area contributed by atoms with Crippen LogP contribution in [0.4, 0.5) is 0 Å². The summed E-state index contributed by atoms with van der Waals surface area (Å²) in [6.45, 7) is 4.11. The predicted molar refractivity (Wildman–Crippen MR) is 76.4 cm³/mol. The largest absolute Gasteiger partial charge is 0.344 e. The van der Waals surface area contributed by atoms with Gasteiger partial charge in [0, 0.05) is 5.02 Å². The number of amides is 1. The van der Waals surface area contributed by atoms with Gasteiger partial charge in [0.05, 0.1) is 24.0 Å². The van der Waals surface area contributed by atoms with Crippen LogP contribution in [0.3, 0.4) is 0 Å². The average Bonchev–Trinajstić information content (AvgIpc) is 2.90. The van der Waals surface area contributed by atoms with Crippen molar-refractivity contribution in [2.75, 3.05) is 0 Å². The van der Waals surface area contributed by atoms with E-state index in [1.807, 2.05) is 24.3 Å². The molecule has 0 saturated heterocycles. The number of carbonyl (C=O) groups excluding carboxylic acids is 1.